The number of halogens is 2. The van der Waals surface area contributed by atoms with Crippen LogP contribution in [0.25, 0.3) is 5.69 Å². The molecule has 0 spiro atoms. The zero-order chi connectivity index (χ0) is 40.8. The van der Waals surface area contributed by atoms with Crippen molar-refractivity contribution in [3.05, 3.63) is 108 Å². The Balaban J connectivity index is 0.875. The molecular weight excluding hydrogens is 783 g/mol. The van der Waals surface area contributed by atoms with E-state index in [9.17, 15) is 28.0 Å². The van der Waals surface area contributed by atoms with Crippen LogP contribution in [0.15, 0.2) is 84.1 Å². The fourth-order valence-electron chi connectivity index (χ4n) is 7.87. The molecule has 3 aliphatic heterocycles. The molecule has 5 aromatic rings. The lowest BCUT2D eigenvalue weighted by Crippen LogP contribution is -2.53. The number of anilines is 4. The molecule has 2 aromatic carbocycles. The number of piperidine rings is 1. The van der Waals surface area contributed by atoms with Crippen LogP contribution in [0.3, 0.4) is 0 Å². The van der Waals surface area contributed by atoms with E-state index in [4.69, 9.17) is 4.42 Å². The van der Waals surface area contributed by atoms with E-state index in [0.29, 0.717) is 35.2 Å². The second kappa shape index (κ2) is 15.9. The number of nitrogens with zero attached hydrogens (tertiary/aromatic N) is 8. The van der Waals surface area contributed by atoms with Gasteiger partial charge in [0, 0.05) is 69.2 Å². The maximum atomic E-state index is 14.7. The van der Waals surface area contributed by atoms with Crippen LogP contribution >= 0.6 is 12.6 Å². The van der Waals surface area contributed by atoms with E-state index in [1.807, 2.05) is 30.3 Å². The highest BCUT2D eigenvalue weighted by Crippen LogP contribution is 2.40. The number of oxazole rings is 1. The summed E-state index contributed by atoms with van der Waals surface area (Å²) in [7, 11) is 0. The molecule has 2 saturated heterocycles. The lowest BCUT2D eigenvalue weighted by molar-refractivity contribution is -0.137. The van der Waals surface area contributed by atoms with Gasteiger partial charge in [-0.3, -0.25) is 34.3 Å². The Morgan fingerprint density at radius 1 is 0.983 bits per heavy atom. The highest BCUT2D eigenvalue weighted by atomic mass is 32.1. The molecule has 304 valence electrons. The standard InChI is InChI=1S/C41H40F2N10O5S/c42-37(43)36-33(52(40(57)31-22-58-23-46-31)28-11-12-44-34(18-28)45-19-24-1-2-24)21-51(48-36)27-6-4-26(5-7-27)50-15-13-49(14-16-50)20-25-3-8-29-30(17-25)39(56)53(41(29)59)32-9-10-35(54)47-38(32)55/h3-8,11-12,17-18,21-24,32,37,41,59H,1-2,9-10,13-16,19-20H2,(H,44,45)(H,47,54,55). The summed E-state index contributed by atoms with van der Waals surface area (Å²) in [5, 5.41) is 9.29. The van der Waals surface area contributed by atoms with Gasteiger partial charge in [-0.15, -0.1) is 12.6 Å². The number of aromatic nitrogens is 4. The number of hydrogen-bond acceptors (Lipinski definition) is 12. The minimum atomic E-state index is -2.99. The topological polar surface area (TPSA) is 162 Å². The van der Waals surface area contributed by atoms with E-state index < -0.39 is 35.3 Å². The van der Waals surface area contributed by atoms with Gasteiger partial charge in [0.05, 0.1) is 23.3 Å². The van der Waals surface area contributed by atoms with Crippen molar-refractivity contribution >= 4 is 59.1 Å². The van der Waals surface area contributed by atoms with E-state index in [1.165, 1.54) is 28.2 Å². The van der Waals surface area contributed by atoms with E-state index >= 15 is 0 Å². The average molecular weight is 823 g/mol. The molecule has 2 atom stereocenters. The first-order valence-corrected chi connectivity index (χ1v) is 20.0. The molecule has 59 heavy (non-hydrogen) atoms. The van der Waals surface area contributed by atoms with Gasteiger partial charge >= 0.3 is 0 Å². The molecule has 1 aliphatic carbocycles. The van der Waals surface area contributed by atoms with Crippen molar-refractivity contribution in [2.24, 2.45) is 5.92 Å². The Kier molecular flexibility index (Phi) is 10.3. The molecule has 0 bridgehead atoms. The molecule has 18 heteroatoms. The number of nitrogens with one attached hydrogen (secondary N) is 2. The molecule has 2 unspecified atom stereocenters. The predicted molar refractivity (Wildman–Crippen MR) is 215 cm³/mol. The zero-order valence-corrected chi connectivity index (χ0v) is 32.6. The van der Waals surface area contributed by atoms with Crippen molar-refractivity contribution in [3.63, 3.8) is 0 Å². The van der Waals surface area contributed by atoms with Crippen LogP contribution < -0.4 is 20.4 Å². The molecular formula is C41H40F2N10O5S. The third kappa shape index (κ3) is 7.76. The van der Waals surface area contributed by atoms with Crippen LogP contribution in [0.2, 0.25) is 0 Å². The van der Waals surface area contributed by atoms with Crippen LogP contribution in [-0.4, -0.2) is 91.9 Å². The number of imide groups is 1. The summed E-state index contributed by atoms with van der Waals surface area (Å²) in [4.78, 5) is 67.1. The van der Waals surface area contributed by atoms with Gasteiger partial charge in [0.2, 0.25) is 11.8 Å². The quantitative estimate of drug-likeness (QED) is 0.108. The smallest absolute Gasteiger partial charge is 0.284 e. The second-order valence-corrected chi connectivity index (χ2v) is 15.6. The van der Waals surface area contributed by atoms with Gasteiger partial charge in [-0.25, -0.2) is 23.4 Å². The van der Waals surface area contributed by atoms with Crippen LogP contribution in [0, 0.1) is 5.92 Å². The maximum Gasteiger partial charge on any atom is 0.284 e. The molecule has 2 N–H and O–H groups in total. The number of amides is 4. The third-order valence-electron chi connectivity index (χ3n) is 11.2. The van der Waals surface area contributed by atoms with Gasteiger partial charge in [0.25, 0.3) is 18.2 Å². The number of benzene rings is 2. The number of hydrogen-bond donors (Lipinski definition) is 3. The van der Waals surface area contributed by atoms with Gasteiger partial charge in [0.15, 0.2) is 17.8 Å². The molecule has 3 fully saturated rings. The normalized spacial score (nSPS) is 19.6. The second-order valence-electron chi connectivity index (χ2n) is 15.1. The van der Waals surface area contributed by atoms with E-state index in [0.717, 1.165) is 73.7 Å². The van der Waals surface area contributed by atoms with E-state index in [1.54, 1.807) is 24.3 Å². The molecule has 4 aliphatic rings. The molecule has 4 amide bonds. The number of rotatable bonds is 12. The van der Waals surface area contributed by atoms with Gasteiger partial charge in [-0.05, 0) is 72.7 Å². The first kappa shape index (κ1) is 38.4. The zero-order valence-electron chi connectivity index (χ0n) is 31.7. The number of carbonyl (C=O) groups excluding carboxylic acids is 4. The molecule has 6 heterocycles. The first-order chi connectivity index (χ1) is 28.6. The van der Waals surface area contributed by atoms with Gasteiger partial charge in [-0.2, -0.15) is 5.10 Å². The summed E-state index contributed by atoms with van der Waals surface area (Å²) in [6.07, 6.45) is 4.93. The van der Waals surface area contributed by atoms with E-state index in [2.05, 4.69) is 48.1 Å². The highest BCUT2D eigenvalue weighted by Gasteiger charge is 2.44. The lowest BCUT2D eigenvalue weighted by atomic mass is 10.0. The Morgan fingerprint density at radius 2 is 1.76 bits per heavy atom. The Bertz CT molecular complexity index is 2400. The van der Waals surface area contributed by atoms with Crippen molar-refractivity contribution in [1.29, 1.82) is 0 Å². The molecule has 15 nitrogen and oxygen atoms in total. The summed E-state index contributed by atoms with van der Waals surface area (Å²) in [5.74, 6) is -0.664. The molecule has 0 radical (unpaired) electrons. The third-order valence-corrected chi connectivity index (χ3v) is 11.8. The molecule has 9 rings (SSSR count). The molecule has 1 saturated carbocycles. The summed E-state index contributed by atoms with van der Waals surface area (Å²) >= 11 is 4.67. The average Bonchev–Trinajstić information content (AvgIpc) is 3.59. The Morgan fingerprint density at radius 3 is 2.47 bits per heavy atom. The maximum absolute atomic E-state index is 14.7. The fraction of sp³-hybridized carbons (Fsp3) is 0.341. The van der Waals surface area contributed by atoms with Crippen LogP contribution in [-0.2, 0) is 16.1 Å². The minimum absolute atomic E-state index is 0.0564. The van der Waals surface area contributed by atoms with Crippen molar-refractivity contribution in [2.45, 2.75) is 50.1 Å². The largest absolute Gasteiger partial charge is 0.451 e. The summed E-state index contributed by atoms with van der Waals surface area (Å²) in [6, 6.07) is 15.7. The number of pyridine rings is 1. The Hall–Kier alpha value is -6.14. The number of piperazine rings is 1. The van der Waals surface area contributed by atoms with Crippen LogP contribution in [0.5, 0.6) is 0 Å². The van der Waals surface area contributed by atoms with Crippen molar-refractivity contribution < 1.29 is 32.4 Å². The van der Waals surface area contributed by atoms with Gasteiger partial charge in [0.1, 0.15) is 23.5 Å². The van der Waals surface area contributed by atoms with Gasteiger partial charge < -0.3 is 19.5 Å². The van der Waals surface area contributed by atoms with Crippen LogP contribution in [0.1, 0.15) is 75.1 Å². The number of alkyl halides is 2. The summed E-state index contributed by atoms with van der Waals surface area (Å²) < 4.78 is 35.8. The SMILES string of the molecule is O=C1CCC(N2C(=O)c3cc(CN4CCN(c5ccc(-n6cc(N(C(=O)c7cocn7)c7ccnc(NCC8CC8)c7)c(C(F)F)n6)cc5)CC4)ccc3C2S)C(=O)N1. The lowest BCUT2D eigenvalue weighted by Gasteiger charge is -2.36. The first-order valence-electron chi connectivity index (χ1n) is 19.5. The number of fused-ring (bicyclic) bond motifs is 1. The van der Waals surface area contributed by atoms with E-state index in [-0.39, 0.29) is 36.0 Å². The predicted octanol–water partition coefficient (Wildman–Crippen LogP) is 5.50. The highest BCUT2D eigenvalue weighted by molar-refractivity contribution is 7.80. The Labute approximate surface area is 342 Å². The van der Waals surface area contributed by atoms with Crippen molar-refractivity contribution in [2.75, 3.05) is 47.8 Å². The fourth-order valence-corrected chi connectivity index (χ4v) is 8.36. The molecule has 3 aromatic heterocycles. The number of thiol groups is 1. The van der Waals surface area contributed by atoms with Crippen LogP contribution in [0.4, 0.5) is 31.7 Å². The minimum Gasteiger partial charge on any atom is -0.451 e. The summed E-state index contributed by atoms with van der Waals surface area (Å²) in [6.45, 7) is 4.33. The monoisotopic (exact) mass is 822 g/mol. The van der Waals surface area contributed by atoms with Gasteiger partial charge in [-0.1, -0.05) is 12.1 Å². The van der Waals surface area contributed by atoms with Crippen molar-refractivity contribution in [3.8, 4) is 5.69 Å². The number of carbonyl (C=O) groups is 4. The summed E-state index contributed by atoms with van der Waals surface area (Å²) in [5.41, 5.74) is 3.31. The van der Waals surface area contributed by atoms with Crippen molar-refractivity contribution in [1.82, 2.24) is 34.9 Å².